The molecule has 0 aromatic heterocycles. The Bertz CT molecular complexity index is 387. The van der Waals surface area contributed by atoms with Crippen LogP contribution in [0.15, 0.2) is 24.3 Å². The molecule has 1 atom stereocenters. The minimum Gasteiger partial charge on any atom is -0.493 e. The molecule has 17 heavy (non-hydrogen) atoms. The number of rotatable bonds is 4. The molecule has 1 aromatic carbocycles. The molecular formula is C14H18O3. The highest BCUT2D eigenvalue weighted by Gasteiger charge is 2.22. The first kappa shape index (κ1) is 12.0. The van der Waals surface area contributed by atoms with Crippen molar-refractivity contribution in [3.63, 3.8) is 0 Å². The highest BCUT2D eigenvalue weighted by Crippen LogP contribution is 2.28. The number of benzene rings is 1. The van der Waals surface area contributed by atoms with Crippen molar-refractivity contribution in [3.05, 3.63) is 29.8 Å². The van der Waals surface area contributed by atoms with Crippen LogP contribution in [0.4, 0.5) is 0 Å². The van der Waals surface area contributed by atoms with Crippen LogP contribution in [0.1, 0.15) is 25.3 Å². The number of para-hydroxylation sites is 1. The summed E-state index contributed by atoms with van der Waals surface area (Å²) in [5.41, 5.74) is 1.19. The third-order valence-electron chi connectivity index (χ3n) is 2.88. The van der Waals surface area contributed by atoms with E-state index in [1.54, 1.807) is 0 Å². The van der Waals surface area contributed by atoms with Gasteiger partial charge in [0, 0.05) is 5.92 Å². The van der Waals surface area contributed by atoms with Gasteiger partial charge in [0.15, 0.2) is 0 Å². The van der Waals surface area contributed by atoms with Crippen LogP contribution in [0.5, 0.6) is 5.75 Å². The monoisotopic (exact) mass is 234 g/mol. The molecule has 0 fully saturated rings. The molecule has 1 unspecified atom stereocenters. The normalized spacial score (nSPS) is 18.1. The molecule has 2 rings (SSSR count). The molecule has 1 aliphatic heterocycles. The van der Waals surface area contributed by atoms with Crippen LogP contribution >= 0.6 is 0 Å². The third kappa shape index (κ3) is 3.22. The summed E-state index contributed by atoms with van der Waals surface area (Å²) in [6.45, 7) is 3.12. The van der Waals surface area contributed by atoms with E-state index in [0.29, 0.717) is 19.6 Å². The first-order valence-corrected chi connectivity index (χ1v) is 6.16. The van der Waals surface area contributed by atoms with Gasteiger partial charge in [-0.05, 0) is 24.5 Å². The molecule has 1 aromatic rings. The first-order valence-electron chi connectivity index (χ1n) is 6.16. The van der Waals surface area contributed by atoms with Crippen molar-refractivity contribution in [2.24, 2.45) is 5.92 Å². The van der Waals surface area contributed by atoms with E-state index in [1.165, 1.54) is 5.56 Å². The van der Waals surface area contributed by atoms with E-state index in [2.05, 4.69) is 6.07 Å². The fourth-order valence-electron chi connectivity index (χ4n) is 2.03. The molecule has 0 spiro atoms. The fraction of sp³-hybridized carbons (Fsp3) is 0.500. The van der Waals surface area contributed by atoms with Gasteiger partial charge in [-0.2, -0.15) is 0 Å². The van der Waals surface area contributed by atoms with E-state index in [0.717, 1.165) is 18.6 Å². The lowest BCUT2D eigenvalue weighted by molar-refractivity contribution is -0.145. The number of hydrogen-bond donors (Lipinski definition) is 0. The van der Waals surface area contributed by atoms with Gasteiger partial charge in [0.05, 0.1) is 19.6 Å². The van der Waals surface area contributed by atoms with Gasteiger partial charge in [-0.15, -0.1) is 0 Å². The van der Waals surface area contributed by atoms with Gasteiger partial charge >= 0.3 is 5.97 Å². The van der Waals surface area contributed by atoms with Crippen LogP contribution < -0.4 is 4.74 Å². The summed E-state index contributed by atoms with van der Waals surface area (Å²) in [6.07, 6.45) is 2.22. The molecular weight excluding hydrogens is 216 g/mol. The van der Waals surface area contributed by atoms with Crippen LogP contribution in [0.3, 0.4) is 0 Å². The lowest BCUT2D eigenvalue weighted by atomic mass is 9.94. The quantitative estimate of drug-likeness (QED) is 0.751. The molecule has 3 heteroatoms. The second-order valence-electron chi connectivity index (χ2n) is 4.41. The van der Waals surface area contributed by atoms with Crippen molar-refractivity contribution in [1.29, 1.82) is 0 Å². The number of esters is 1. The van der Waals surface area contributed by atoms with Gasteiger partial charge in [0.1, 0.15) is 5.75 Å². The fourth-order valence-corrected chi connectivity index (χ4v) is 2.03. The maximum absolute atomic E-state index is 11.5. The zero-order chi connectivity index (χ0) is 12.1. The van der Waals surface area contributed by atoms with Crippen molar-refractivity contribution in [2.75, 3.05) is 13.2 Å². The molecule has 0 amide bonds. The molecule has 92 valence electrons. The van der Waals surface area contributed by atoms with E-state index in [9.17, 15) is 4.79 Å². The predicted octanol–water partition coefficient (Wildman–Crippen LogP) is 2.58. The van der Waals surface area contributed by atoms with Gasteiger partial charge in [-0.25, -0.2) is 0 Å². The number of hydrogen-bond acceptors (Lipinski definition) is 3. The van der Waals surface area contributed by atoms with Crippen LogP contribution in [-0.4, -0.2) is 19.2 Å². The average molecular weight is 234 g/mol. The molecule has 1 aliphatic rings. The third-order valence-corrected chi connectivity index (χ3v) is 2.88. The van der Waals surface area contributed by atoms with E-state index in [4.69, 9.17) is 9.47 Å². The summed E-state index contributed by atoms with van der Waals surface area (Å²) >= 11 is 0. The molecule has 0 bridgehead atoms. The number of fused-ring (bicyclic) bond motifs is 1. The summed E-state index contributed by atoms with van der Waals surface area (Å²) in [6, 6.07) is 7.99. The first-order chi connectivity index (χ1) is 8.29. The smallest absolute Gasteiger partial charge is 0.306 e. The Labute approximate surface area is 102 Å². The molecule has 0 saturated heterocycles. The minimum absolute atomic E-state index is 0.111. The van der Waals surface area contributed by atoms with Crippen LogP contribution in [0, 0.1) is 5.92 Å². The van der Waals surface area contributed by atoms with E-state index in [1.807, 2.05) is 25.1 Å². The Morgan fingerprint density at radius 1 is 1.47 bits per heavy atom. The standard InChI is InChI=1S/C14H18O3/c1-2-7-16-14(15)9-11-8-12-5-3-4-6-13(12)17-10-11/h3-6,11H,2,7-10H2,1H3. The van der Waals surface area contributed by atoms with E-state index in [-0.39, 0.29) is 11.9 Å². The number of ether oxygens (including phenoxy) is 2. The molecule has 0 aliphatic carbocycles. The molecule has 0 saturated carbocycles. The number of carbonyl (C=O) groups excluding carboxylic acids is 1. The van der Waals surface area contributed by atoms with Crippen molar-refractivity contribution in [3.8, 4) is 5.75 Å². The zero-order valence-electron chi connectivity index (χ0n) is 10.1. The Kier molecular flexibility index (Phi) is 4.02. The summed E-state index contributed by atoms with van der Waals surface area (Å²) < 4.78 is 10.7. The minimum atomic E-state index is -0.111. The summed E-state index contributed by atoms with van der Waals surface area (Å²) in [5.74, 6) is 1.08. The summed E-state index contributed by atoms with van der Waals surface area (Å²) in [4.78, 5) is 11.5. The lowest BCUT2D eigenvalue weighted by Gasteiger charge is -2.24. The largest absolute Gasteiger partial charge is 0.493 e. The topological polar surface area (TPSA) is 35.5 Å². The van der Waals surface area contributed by atoms with Crippen molar-refractivity contribution in [1.82, 2.24) is 0 Å². The van der Waals surface area contributed by atoms with Gasteiger partial charge in [0.2, 0.25) is 0 Å². The van der Waals surface area contributed by atoms with Gasteiger partial charge in [0.25, 0.3) is 0 Å². The average Bonchev–Trinajstić information content (AvgIpc) is 2.36. The highest BCUT2D eigenvalue weighted by atomic mass is 16.5. The molecule has 1 heterocycles. The van der Waals surface area contributed by atoms with Crippen LogP contribution in [0.25, 0.3) is 0 Å². The molecule has 3 nitrogen and oxygen atoms in total. The van der Waals surface area contributed by atoms with Gasteiger partial charge in [-0.1, -0.05) is 25.1 Å². The van der Waals surface area contributed by atoms with Gasteiger partial charge in [-0.3, -0.25) is 4.79 Å². The summed E-state index contributed by atoms with van der Waals surface area (Å²) in [7, 11) is 0. The number of carbonyl (C=O) groups is 1. The predicted molar refractivity (Wildman–Crippen MR) is 65.0 cm³/mol. The lowest BCUT2D eigenvalue weighted by Crippen LogP contribution is -2.24. The van der Waals surface area contributed by atoms with Crippen molar-refractivity contribution >= 4 is 5.97 Å². The maximum Gasteiger partial charge on any atom is 0.306 e. The zero-order valence-corrected chi connectivity index (χ0v) is 10.1. The Hall–Kier alpha value is -1.51. The Morgan fingerprint density at radius 2 is 2.29 bits per heavy atom. The molecule has 0 N–H and O–H groups in total. The highest BCUT2D eigenvalue weighted by molar-refractivity contribution is 5.69. The van der Waals surface area contributed by atoms with E-state index < -0.39 is 0 Å². The van der Waals surface area contributed by atoms with Crippen molar-refractivity contribution < 1.29 is 14.3 Å². The summed E-state index contributed by atoms with van der Waals surface area (Å²) in [5, 5.41) is 0. The SMILES string of the molecule is CCCOC(=O)CC1COc2ccccc2C1. The van der Waals surface area contributed by atoms with Crippen LogP contribution in [0.2, 0.25) is 0 Å². The Morgan fingerprint density at radius 3 is 3.12 bits per heavy atom. The second-order valence-corrected chi connectivity index (χ2v) is 4.41. The second kappa shape index (κ2) is 5.71. The maximum atomic E-state index is 11.5. The van der Waals surface area contributed by atoms with E-state index >= 15 is 0 Å². The van der Waals surface area contributed by atoms with Crippen molar-refractivity contribution in [2.45, 2.75) is 26.2 Å². The molecule has 0 radical (unpaired) electrons. The van der Waals surface area contributed by atoms with Gasteiger partial charge < -0.3 is 9.47 Å². The van der Waals surface area contributed by atoms with Crippen LogP contribution in [-0.2, 0) is 16.0 Å². The Balaban J connectivity index is 1.88.